The van der Waals surface area contributed by atoms with Gasteiger partial charge in [-0.2, -0.15) is 4.98 Å². The smallest absolute Gasteiger partial charge is 0.221 e. The van der Waals surface area contributed by atoms with Crippen LogP contribution in [0.3, 0.4) is 0 Å². The van der Waals surface area contributed by atoms with Gasteiger partial charge in [-0.3, -0.25) is 9.55 Å². The number of aromatic nitrogens is 3. The van der Waals surface area contributed by atoms with Gasteiger partial charge in [0.15, 0.2) is 11.3 Å². The number of hydrogen-bond donors (Lipinski definition) is 0. The van der Waals surface area contributed by atoms with Crippen molar-refractivity contribution in [1.29, 1.82) is 0 Å². The van der Waals surface area contributed by atoms with Crippen LogP contribution in [0, 0.1) is 13.8 Å². The standard InChI is InChI=1S/C46H41N3O2/c1-26-27(2)40-34(35-24-29(21-22-47-35)46(6,7)8)25-38(43-42(40)41-31(26)16-12-18-37(41)51-43)50-39-20-19-33-32-15-9-10-17-36(32)49(44(33)48-39)30-14-11-13-28(23-30)45(3,4)5/h9-25H,1-8H3. The van der Waals surface area contributed by atoms with Gasteiger partial charge in [-0.15, -0.1) is 0 Å². The molecule has 0 saturated heterocycles. The molecule has 0 spiro atoms. The van der Waals surface area contributed by atoms with Gasteiger partial charge in [0.25, 0.3) is 0 Å². The lowest BCUT2D eigenvalue weighted by Gasteiger charge is -2.20. The second-order valence-electron chi connectivity index (χ2n) is 16.0. The Morgan fingerprint density at radius 1 is 0.647 bits per heavy atom. The fourth-order valence-electron chi connectivity index (χ4n) is 7.74. The molecule has 0 fully saturated rings. The lowest BCUT2D eigenvalue weighted by atomic mass is 9.85. The third kappa shape index (κ3) is 4.82. The van der Waals surface area contributed by atoms with Crippen LogP contribution in [0.4, 0.5) is 0 Å². The van der Waals surface area contributed by atoms with Crippen LogP contribution in [0.15, 0.2) is 108 Å². The van der Waals surface area contributed by atoms with E-state index in [2.05, 4.69) is 145 Å². The van der Waals surface area contributed by atoms with E-state index >= 15 is 0 Å². The van der Waals surface area contributed by atoms with E-state index in [9.17, 15) is 0 Å². The van der Waals surface area contributed by atoms with Gasteiger partial charge in [0.05, 0.1) is 11.2 Å². The molecule has 0 aliphatic carbocycles. The van der Waals surface area contributed by atoms with Crippen molar-refractivity contribution >= 4 is 54.6 Å². The first-order valence-corrected chi connectivity index (χ1v) is 17.7. The summed E-state index contributed by atoms with van der Waals surface area (Å²) < 4.78 is 15.8. The Labute approximate surface area is 297 Å². The van der Waals surface area contributed by atoms with Gasteiger partial charge in [0, 0.05) is 45.1 Å². The molecule has 0 saturated carbocycles. The zero-order valence-electron chi connectivity index (χ0n) is 30.5. The van der Waals surface area contributed by atoms with Crippen molar-refractivity contribution in [1.82, 2.24) is 14.5 Å². The van der Waals surface area contributed by atoms with E-state index in [1.807, 2.05) is 18.3 Å². The average molecular weight is 668 g/mol. The minimum absolute atomic E-state index is 0.00801. The molecule has 9 rings (SSSR count). The van der Waals surface area contributed by atoms with Crippen LogP contribution in [0.1, 0.15) is 63.8 Å². The number of fused-ring (bicyclic) bond motifs is 3. The number of rotatable bonds is 4. The molecule has 0 aliphatic rings. The molecule has 0 aliphatic heterocycles. The molecule has 4 aromatic heterocycles. The Morgan fingerprint density at radius 3 is 2.20 bits per heavy atom. The first-order chi connectivity index (χ1) is 24.4. The van der Waals surface area contributed by atoms with E-state index in [4.69, 9.17) is 19.1 Å². The highest BCUT2D eigenvalue weighted by Gasteiger charge is 2.26. The fraction of sp³-hybridized carbons (Fsp3) is 0.217. The van der Waals surface area contributed by atoms with E-state index in [1.165, 1.54) is 27.6 Å². The van der Waals surface area contributed by atoms with Crippen molar-refractivity contribution in [3.05, 3.63) is 126 Å². The Kier molecular flexibility index (Phi) is 6.70. The lowest BCUT2D eigenvalue weighted by molar-refractivity contribution is 0.460. The zero-order chi connectivity index (χ0) is 35.4. The molecule has 0 unspecified atom stereocenters. The number of para-hydroxylation sites is 1. The van der Waals surface area contributed by atoms with Crippen molar-refractivity contribution in [3.63, 3.8) is 0 Å². The molecule has 0 radical (unpaired) electrons. The Balaban J connectivity index is 1.29. The number of aryl methyl sites for hydroxylation is 2. The van der Waals surface area contributed by atoms with E-state index < -0.39 is 0 Å². The van der Waals surface area contributed by atoms with E-state index in [0.717, 1.165) is 66.2 Å². The predicted molar refractivity (Wildman–Crippen MR) is 211 cm³/mol. The molecular weight excluding hydrogens is 627 g/mol. The first-order valence-electron chi connectivity index (χ1n) is 17.7. The van der Waals surface area contributed by atoms with Gasteiger partial charge in [0.1, 0.15) is 11.2 Å². The summed E-state index contributed by atoms with van der Waals surface area (Å²) in [7, 11) is 0. The van der Waals surface area contributed by atoms with Crippen LogP contribution < -0.4 is 4.74 Å². The lowest BCUT2D eigenvalue weighted by Crippen LogP contribution is -2.11. The van der Waals surface area contributed by atoms with Crippen LogP contribution in [0.5, 0.6) is 11.6 Å². The second kappa shape index (κ2) is 10.9. The second-order valence-corrected chi connectivity index (χ2v) is 16.0. The topological polar surface area (TPSA) is 53.1 Å². The summed E-state index contributed by atoms with van der Waals surface area (Å²) in [5, 5.41) is 6.74. The Bertz CT molecular complexity index is 2820. The molecule has 5 aromatic carbocycles. The maximum Gasteiger partial charge on any atom is 0.221 e. The van der Waals surface area contributed by atoms with Crippen molar-refractivity contribution in [2.45, 2.75) is 66.2 Å². The van der Waals surface area contributed by atoms with E-state index in [1.54, 1.807) is 0 Å². The first kappa shape index (κ1) is 31.3. The van der Waals surface area contributed by atoms with Crippen LogP contribution in [-0.2, 0) is 10.8 Å². The van der Waals surface area contributed by atoms with Crippen molar-refractivity contribution in [3.8, 4) is 28.6 Å². The molecule has 252 valence electrons. The monoisotopic (exact) mass is 667 g/mol. The predicted octanol–water partition coefficient (Wildman–Crippen LogP) is 12.7. The summed E-state index contributed by atoms with van der Waals surface area (Å²) in [6.07, 6.45) is 1.92. The zero-order valence-corrected chi connectivity index (χ0v) is 30.5. The highest BCUT2D eigenvalue weighted by molar-refractivity contribution is 6.27. The van der Waals surface area contributed by atoms with Crippen molar-refractivity contribution < 1.29 is 9.15 Å². The number of pyridine rings is 2. The molecule has 0 amide bonds. The normalized spacial score (nSPS) is 12.7. The minimum atomic E-state index is -0.0289. The highest BCUT2D eigenvalue weighted by Crippen LogP contribution is 2.49. The molecule has 9 aromatic rings. The Hall–Kier alpha value is -5.68. The summed E-state index contributed by atoms with van der Waals surface area (Å²) in [5.74, 6) is 1.11. The summed E-state index contributed by atoms with van der Waals surface area (Å²) in [5.41, 5.74) is 11.4. The maximum atomic E-state index is 6.87. The molecule has 0 bridgehead atoms. The van der Waals surface area contributed by atoms with Gasteiger partial charge in [-0.1, -0.05) is 84.0 Å². The quantitative estimate of drug-likeness (QED) is 0.175. The summed E-state index contributed by atoms with van der Waals surface area (Å²) >= 11 is 0. The fourth-order valence-corrected chi connectivity index (χ4v) is 7.74. The number of hydrogen-bond acceptors (Lipinski definition) is 4. The van der Waals surface area contributed by atoms with Gasteiger partial charge >= 0.3 is 0 Å². The highest BCUT2D eigenvalue weighted by atomic mass is 16.5. The molecular formula is C46H41N3O2. The van der Waals surface area contributed by atoms with Gasteiger partial charge in [-0.05, 0) is 106 Å². The van der Waals surface area contributed by atoms with Crippen LogP contribution in [0.25, 0.3) is 71.6 Å². The molecule has 5 heteroatoms. The Morgan fingerprint density at radius 2 is 1.39 bits per heavy atom. The third-order valence-electron chi connectivity index (χ3n) is 10.7. The number of nitrogens with zero attached hydrogens (tertiary/aromatic N) is 3. The van der Waals surface area contributed by atoms with Gasteiger partial charge in [0.2, 0.25) is 5.88 Å². The SMILES string of the molecule is Cc1c(C)c2c(-c3cc(C(C)(C)C)ccn3)cc(Oc3ccc4c5ccccc5n(-c5cccc(C(C)(C)C)c5)c4n3)c3oc4cccc1c4c32. The average Bonchev–Trinajstić information content (AvgIpc) is 3.66. The van der Waals surface area contributed by atoms with Gasteiger partial charge in [-0.25, -0.2) is 0 Å². The number of ether oxygens (including phenoxy) is 1. The molecule has 4 heterocycles. The van der Waals surface area contributed by atoms with Crippen LogP contribution in [0.2, 0.25) is 0 Å². The summed E-state index contributed by atoms with van der Waals surface area (Å²) in [6, 6.07) is 34.1. The van der Waals surface area contributed by atoms with Crippen molar-refractivity contribution in [2.75, 3.05) is 0 Å². The summed E-state index contributed by atoms with van der Waals surface area (Å²) in [6.45, 7) is 17.9. The van der Waals surface area contributed by atoms with E-state index in [0.29, 0.717) is 11.6 Å². The summed E-state index contributed by atoms with van der Waals surface area (Å²) in [4.78, 5) is 10.2. The van der Waals surface area contributed by atoms with Crippen LogP contribution in [-0.4, -0.2) is 14.5 Å². The van der Waals surface area contributed by atoms with Crippen molar-refractivity contribution in [2.24, 2.45) is 0 Å². The number of benzene rings is 5. The number of furan rings is 1. The molecule has 0 N–H and O–H groups in total. The molecule has 0 atom stereocenters. The molecule has 51 heavy (non-hydrogen) atoms. The largest absolute Gasteiger partial charge is 0.452 e. The minimum Gasteiger partial charge on any atom is -0.452 e. The van der Waals surface area contributed by atoms with E-state index in [-0.39, 0.29) is 10.8 Å². The third-order valence-corrected chi connectivity index (χ3v) is 10.7. The maximum absolute atomic E-state index is 6.87. The molecule has 5 nitrogen and oxygen atoms in total. The van der Waals surface area contributed by atoms with Crippen LogP contribution >= 0.6 is 0 Å². The van der Waals surface area contributed by atoms with Gasteiger partial charge < -0.3 is 9.15 Å².